The Morgan fingerprint density at radius 2 is 1.92 bits per heavy atom. The van der Waals surface area contributed by atoms with Crippen LogP contribution in [0.15, 0.2) is 23.7 Å². The fraction of sp³-hybridized carbons (Fsp3) is 0.500. The van der Waals surface area contributed by atoms with Gasteiger partial charge in [-0.25, -0.2) is 9.97 Å². The number of hydrogen-bond acceptors (Lipinski definition) is 5. The highest BCUT2D eigenvalue weighted by Gasteiger charge is 2.31. The Bertz CT molecular complexity index is 661. The minimum atomic E-state index is -4.34. The molecule has 3 heterocycles. The number of piperazine rings is 1. The average Bonchev–Trinajstić information content (AvgIpc) is 3.02. The zero-order valence-corrected chi connectivity index (χ0v) is 14.2. The number of aromatic nitrogens is 2. The van der Waals surface area contributed by atoms with E-state index in [2.05, 4.69) is 27.2 Å². The third-order valence-corrected chi connectivity index (χ3v) is 5.10. The molecule has 0 unspecified atom stereocenters. The van der Waals surface area contributed by atoms with Crippen molar-refractivity contribution in [2.24, 2.45) is 0 Å². The summed E-state index contributed by atoms with van der Waals surface area (Å²) >= 11 is 1.69. The predicted octanol–water partition coefficient (Wildman–Crippen LogP) is 3.44. The van der Waals surface area contributed by atoms with Crippen molar-refractivity contribution in [3.8, 4) is 0 Å². The van der Waals surface area contributed by atoms with Crippen LogP contribution in [0.5, 0.6) is 0 Å². The maximum atomic E-state index is 12.6. The van der Waals surface area contributed by atoms with Crippen molar-refractivity contribution >= 4 is 17.2 Å². The molecule has 0 N–H and O–H groups in total. The van der Waals surface area contributed by atoms with E-state index in [4.69, 9.17) is 0 Å². The first kappa shape index (κ1) is 17.2. The summed E-state index contributed by atoms with van der Waals surface area (Å²) in [6.45, 7) is 6.12. The van der Waals surface area contributed by atoms with E-state index in [9.17, 15) is 13.2 Å². The van der Waals surface area contributed by atoms with Gasteiger partial charge in [-0.15, -0.1) is 11.3 Å². The second-order valence-corrected chi connectivity index (χ2v) is 6.69. The highest BCUT2D eigenvalue weighted by molar-refractivity contribution is 7.09. The standard InChI is InChI=1S/C16H19F3N4S/c1-2-15-21-13(11-24-15)10-22-5-7-23(8-6-22)14-4-3-12(9-20-14)16(17,18)19/h3-4,9,11H,2,5-8,10H2,1H3. The molecule has 1 aliphatic heterocycles. The number of rotatable bonds is 4. The molecule has 1 fully saturated rings. The van der Waals surface area contributed by atoms with Gasteiger partial charge in [-0.2, -0.15) is 13.2 Å². The van der Waals surface area contributed by atoms with Crippen LogP contribution < -0.4 is 4.90 Å². The summed E-state index contributed by atoms with van der Waals surface area (Å²) in [6, 6.07) is 2.54. The van der Waals surface area contributed by atoms with Gasteiger partial charge >= 0.3 is 6.18 Å². The molecule has 0 saturated carbocycles. The zero-order valence-electron chi connectivity index (χ0n) is 13.4. The molecule has 2 aromatic rings. The Hall–Kier alpha value is -1.67. The number of hydrogen-bond donors (Lipinski definition) is 0. The SMILES string of the molecule is CCc1nc(CN2CCN(c3ccc(C(F)(F)F)cn3)CC2)cs1. The van der Waals surface area contributed by atoms with Gasteiger partial charge in [-0.05, 0) is 18.6 Å². The molecule has 1 aliphatic rings. The number of pyridine rings is 1. The van der Waals surface area contributed by atoms with Gasteiger partial charge in [-0.3, -0.25) is 4.90 Å². The molecule has 130 valence electrons. The number of thiazole rings is 1. The number of aryl methyl sites for hydroxylation is 1. The van der Waals surface area contributed by atoms with Gasteiger partial charge in [0.25, 0.3) is 0 Å². The van der Waals surface area contributed by atoms with E-state index in [0.717, 1.165) is 62.1 Å². The lowest BCUT2D eigenvalue weighted by atomic mass is 10.2. The van der Waals surface area contributed by atoms with Crippen molar-refractivity contribution in [1.82, 2.24) is 14.9 Å². The molecule has 0 atom stereocenters. The maximum absolute atomic E-state index is 12.6. The Morgan fingerprint density at radius 3 is 2.46 bits per heavy atom. The van der Waals surface area contributed by atoms with Crippen LogP contribution >= 0.6 is 11.3 Å². The molecule has 3 rings (SSSR count). The Labute approximate surface area is 142 Å². The molecule has 0 spiro atoms. The van der Waals surface area contributed by atoms with Gasteiger partial charge in [0.1, 0.15) is 5.82 Å². The third kappa shape index (κ3) is 4.05. The summed E-state index contributed by atoms with van der Waals surface area (Å²) in [5.74, 6) is 0.601. The van der Waals surface area contributed by atoms with Crippen molar-refractivity contribution in [3.05, 3.63) is 40.0 Å². The minimum Gasteiger partial charge on any atom is -0.354 e. The fourth-order valence-electron chi connectivity index (χ4n) is 2.69. The van der Waals surface area contributed by atoms with Crippen LogP contribution in [0.3, 0.4) is 0 Å². The lowest BCUT2D eigenvalue weighted by Gasteiger charge is -2.35. The molecule has 0 bridgehead atoms. The molecule has 0 radical (unpaired) electrons. The van der Waals surface area contributed by atoms with Gasteiger partial charge in [0, 0.05) is 44.3 Å². The van der Waals surface area contributed by atoms with Crippen molar-refractivity contribution < 1.29 is 13.2 Å². The van der Waals surface area contributed by atoms with Crippen LogP contribution in [0.1, 0.15) is 23.2 Å². The summed E-state index contributed by atoms with van der Waals surface area (Å²) in [4.78, 5) is 12.9. The molecular formula is C16H19F3N4S. The minimum absolute atomic E-state index is 0.601. The number of nitrogens with zero attached hydrogens (tertiary/aromatic N) is 4. The van der Waals surface area contributed by atoms with E-state index in [1.165, 1.54) is 6.07 Å². The van der Waals surface area contributed by atoms with E-state index in [-0.39, 0.29) is 0 Å². The molecule has 0 amide bonds. The van der Waals surface area contributed by atoms with Crippen LogP contribution in [0.4, 0.5) is 19.0 Å². The predicted molar refractivity (Wildman–Crippen MR) is 88.2 cm³/mol. The lowest BCUT2D eigenvalue weighted by molar-refractivity contribution is -0.137. The summed E-state index contributed by atoms with van der Waals surface area (Å²) in [6.07, 6.45) is -2.48. The second kappa shape index (κ2) is 7.06. The first-order valence-corrected chi connectivity index (χ1v) is 8.77. The highest BCUT2D eigenvalue weighted by Crippen LogP contribution is 2.29. The normalized spacial score (nSPS) is 16.6. The molecule has 0 aromatic carbocycles. The number of halogens is 3. The molecule has 0 aliphatic carbocycles. The van der Waals surface area contributed by atoms with Crippen LogP contribution in [-0.2, 0) is 19.1 Å². The van der Waals surface area contributed by atoms with E-state index >= 15 is 0 Å². The van der Waals surface area contributed by atoms with Gasteiger partial charge in [0.2, 0.25) is 0 Å². The van der Waals surface area contributed by atoms with Crippen molar-refractivity contribution in [2.75, 3.05) is 31.1 Å². The second-order valence-electron chi connectivity index (χ2n) is 5.75. The number of alkyl halides is 3. The molecule has 24 heavy (non-hydrogen) atoms. The van der Waals surface area contributed by atoms with Gasteiger partial charge < -0.3 is 4.90 Å². The fourth-order valence-corrected chi connectivity index (χ4v) is 3.42. The summed E-state index contributed by atoms with van der Waals surface area (Å²) in [7, 11) is 0. The smallest absolute Gasteiger partial charge is 0.354 e. The Morgan fingerprint density at radius 1 is 1.17 bits per heavy atom. The van der Waals surface area contributed by atoms with Crippen molar-refractivity contribution in [1.29, 1.82) is 0 Å². The monoisotopic (exact) mass is 356 g/mol. The van der Waals surface area contributed by atoms with Crippen molar-refractivity contribution in [2.45, 2.75) is 26.1 Å². The van der Waals surface area contributed by atoms with E-state index in [1.54, 1.807) is 11.3 Å². The highest BCUT2D eigenvalue weighted by atomic mass is 32.1. The molecule has 2 aromatic heterocycles. The largest absolute Gasteiger partial charge is 0.417 e. The quantitative estimate of drug-likeness (QED) is 0.840. The summed E-state index contributed by atoms with van der Waals surface area (Å²) in [5, 5.41) is 3.25. The van der Waals surface area contributed by atoms with Gasteiger partial charge in [-0.1, -0.05) is 6.92 Å². The number of anilines is 1. The Balaban J connectivity index is 1.54. The average molecular weight is 356 g/mol. The Kier molecular flexibility index (Phi) is 5.05. The first-order valence-electron chi connectivity index (χ1n) is 7.89. The van der Waals surface area contributed by atoms with E-state index in [1.807, 2.05) is 4.90 Å². The maximum Gasteiger partial charge on any atom is 0.417 e. The third-order valence-electron chi connectivity index (χ3n) is 4.06. The lowest BCUT2D eigenvalue weighted by Crippen LogP contribution is -2.46. The van der Waals surface area contributed by atoms with E-state index < -0.39 is 11.7 Å². The van der Waals surface area contributed by atoms with Gasteiger partial charge in [0.15, 0.2) is 0 Å². The van der Waals surface area contributed by atoms with Crippen molar-refractivity contribution in [3.63, 3.8) is 0 Å². The topological polar surface area (TPSA) is 32.3 Å². The molecule has 8 heteroatoms. The van der Waals surface area contributed by atoms with Crippen LogP contribution in [0.2, 0.25) is 0 Å². The van der Waals surface area contributed by atoms with Crippen LogP contribution in [0.25, 0.3) is 0 Å². The van der Waals surface area contributed by atoms with Gasteiger partial charge in [0.05, 0.1) is 16.3 Å². The molecule has 1 saturated heterocycles. The summed E-state index contributed by atoms with van der Waals surface area (Å²) < 4.78 is 37.7. The van der Waals surface area contributed by atoms with Crippen LogP contribution in [0, 0.1) is 0 Å². The van der Waals surface area contributed by atoms with Crippen LogP contribution in [-0.4, -0.2) is 41.0 Å². The summed E-state index contributed by atoms with van der Waals surface area (Å²) in [5.41, 5.74) is 0.387. The first-order chi connectivity index (χ1) is 11.5. The van der Waals surface area contributed by atoms with E-state index in [0.29, 0.717) is 5.82 Å². The zero-order chi connectivity index (χ0) is 17.2. The molecular weight excluding hydrogens is 337 g/mol. The molecule has 4 nitrogen and oxygen atoms in total.